The normalized spacial score (nSPS) is 11.7. The second-order valence-electron chi connectivity index (χ2n) is 4.12. The largest absolute Gasteiger partial charge is 0.323 e. The number of nitrogens with zero attached hydrogens (tertiary/aromatic N) is 2. The summed E-state index contributed by atoms with van der Waals surface area (Å²) in [6, 6.07) is 4.26. The van der Waals surface area contributed by atoms with E-state index in [1.165, 1.54) is 30.6 Å². The van der Waals surface area contributed by atoms with E-state index in [1.807, 2.05) is 0 Å². The summed E-state index contributed by atoms with van der Waals surface area (Å²) in [6.07, 6.45) is 2.67. The van der Waals surface area contributed by atoms with Crippen molar-refractivity contribution in [2.75, 3.05) is 4.72 Å². The van der Waals surface area contributed by atoms with E-state index in [0.29, 0.717) is 15.6 Å². The van der Waals surface area contributed by atoms with Gasteiger partial charge in [-0.25, -0.2) is 23.2 Å². The van der Waals surface area contributed by atoms with Crippen LogP contribution in [0.25, 0.3) is 11.0 Å². The zero-order chi connectivity index (χ0) is 15.0. The number of benzene rings is 1. The van der Waals surface area contributed by atoms with Gasteiger partial charge in [0, 0.05) is 0 Å². The Kier molecular flexibility index (Phi) is 3.26. The first kappa shape index (κ1) is 13.8. The molecule has 0 bridgehead atoms. The van der Waals surface area contributed by atoms with Gasteiger partial charge in [0.2, 0.25) is 0 Å². The third kappa shape index (κ3) is 2.81. The number of nitrogens with one attached hydrogen (secondary N) is 3. The molecule has 10 heteroatoms. The van der Waals surface area contributed by atoms with Crippen LogP contribution in [0, 0.1) is 0 Å². The molecule has 0 radical (unpaired) electrons. The molecule has 0 saturated carbocycles. The average molecular weight is 370 g/mol. The first-order valence-corrected chi connectivity index (χ1v) is 7.94. The van der Waals surface area contributed by atoms with Crippen LogP contribution in [-0.2, 0) is 10.0 Å². The Bertz CT molecular complexity index is 961. The Labute approximate surface area is 126 Å². The predicted octanol–water partition coefficient (Wildman–Crippen LogP) is 1.21. The zero-order valence-corrected chi connectivity index (χ0v) is 12.7. The molecule has 2 aromatic heterocycles. The highest BCUT2D eigenvalue weighted by Crippen LogP contribution is 2.18. The van der Waals surface area contributed by atoms with E-state index < -0.39 is 15.7 Å². The second-order valence-corrected chi connectivity index (χ2v) is 6.61. The van der Waals surface area contributed by atoms with Crippen LogP contribution in [0.3, 0.4) is 0 Å². The van der Waals surface area contributed by atoms with Crippen LogP contribution in [0.15, 0.2) is 44.9 Å². The fourth-order valence-electron chi connectivity index (χ4n) is 1.74. The summed E-state index contributed by atoms with van der Waals surface area (Å²) in [5.41, 5.74) is 0.540. The van der Waals surface area contributed by atoms with Crippen LogP contribution < -0.4 is 10.4 Å². The van der Waals surface area contributed by atoms with Crippen molar-refractivity contribution < 1.29 is 8.42 Å². The highest BCUT2D eigenvalue weighted by molar-refractivity contribution is 9.10. The van der Waals surface area contributed by atoms with E-state index in [0.717, 1.165) is 0 Å². The standard InChI is InChI=1S/C11H8BrN5O3S/c12-9-4-14-10(5-13-9)17-21(19,20)6-1-2-7-8(3-6)16-11(18)15-7/h1-5H,(H,14,17)(H2,15,16,18). The number of halogens is 1. The summed E-state index contributed by atoms with van der Waals surface area (Å²) in [5, 5.41) is 0. The van der Waals surface area contributed by atoms with Gasteiger partial charge in [-0.1, -0.05) is 0 Å². The maximum absolute atomic E-state index is 12.2. The van der Waals surface area contributed by atoms with Crippen LogP contribution >= 0.6 is 15.9 Å². The molecule has 0 unspecified atom stereocenters. The summed E-state index contributed by atoms with van der Waals surface area (Å²) < 4.78 is 27.3. The Hall–Kier alpha value is -2.20. The molecule has 3 aromatic rings. The van der Waals surface area contributed by atoms with E-state index in [9.17, 15) is 13.2 Å². The van der Waals surface area contributed by atoms with Crippen molar-refractivity contribution in [3.63, 3.8) is 0 Å². The van der Waals surface area contributed by atoms with Gasteiger partial charge in [-0.05, 0) is 34.1 Å². The number of rotatable bonds is 3. The van der Waals surface area contributed by atoms with Crippen molar-refractivity contribution in [3.8, 4) is 0 Å². The smallest absolute Gasteiger partial charge is 0.306 e. The van der Waals surface area contributed by atoms with E-state index in [2.05, 4.69) is 40.6 Å². The lowest BCUT2D eigenvalue weighted by Crippen LogP contribution is -2.14. The third-order valence-corrected chi connectivity index (χ3v) is 4.42. The number of anilines is 1. The summed E-state index contributed by atoms with van der Waals surface area (Å²) >= 11 is 3.11. The van der Waals surface area contributed by atoms with E-state index in [4.69, 9.17) is 0 Å². The molecule has 0 fully saturated rings. The van der Waals surface area contributed by atoms with Gasteiger partial charge in [-0.2, -0.15) is 0 Å². The third-order valence-electron chi connectivity index (χ3n) is 2.66. The summed E-state index contributed by atoms with van der Waals surface area (Å²) in [4.78, 5) is 24.0. The number of imidazole rings is 1. The fraction of sp³-hybridized carbons (Fsp3) is 0. The molecule has 0 saturated heterocycles. The van der Waals surface area contributed by atoms with Gasteiger partial charge in [-0.15, -0.1) is 0 Å². The van der Waals surface area contributed by atoms with Crippen molar-refractivity contribution in [2.24, 2.45) is 0 Å². The van der Waals surface area contributed by atoms with Crippen molar-refractivity contribution in [1.29, 1.82) is 0 Å². The number of hydrogen-bond acceptors (Lipinski definition) is 5. The van der Waals surface area contributed by atoms with Gasteiger partial charge < -0.3 is 9.97 Å². The molecule has 21 heavy (non-hydrogen) atoms. The zero-order valence-electron chi connectivity index (χ0n) is 10.3. The van der Waals surface area contributed by atoms with E-state index in [1.54, 1.807) is 0 Å². The number of hydrogen-bond donors (Lipinski definition) is 3. The predicted molar refractivity (Wildman–Crippen MR) is 79.5 cm³/mol. The minimum atomic E-state index is -3.81. The van der Waals surface area contributed by atoms with E-state index in [-0.39, 0.29) is 10.7 Å². The Morgan fingerprint density at radius 1 is 1.10 bits per heavy atom. The lowest BCUT2D eigenvalue weighted by Gasteiger charge is -2.06. The topological polar surface area (TPSA) is 121 Å². The van der Waals surface area contributed by atoms with Crippen LogP contribution in [0.1, 0.15) is 0 Å². The molecule has 3 N–H and O–H groups in total. The van der Waals surface area contributed by atoms with Gasteiger partial charge in [0.25, 0.3) is 10.0 Å². The highest BCUT2D eigenvalue weighted by atomic mass is 79.9. The van der Waals surface area contributed by atoms with Crippen LogP contribution in [0.5, 0.6) is 0 Å². The number of aromatic amines is 2. The fourth-order valence-corrected chi connectivity index (χ4v) is 2.96. The monoisotopic (exact) mass is 369 g/mol. The molecular weight excluding hydrogens is 362 g/mol. The average Bonchev–Trinajstić information content (AvgIpc) is 2.80. The molecule has 0 spiro atoms. The van der Waals surface area contributed by atoms with Gasteiger partial charge >= 0.3 is 5.69 Å². The molecule has 8 nitrogen and oxygen atoms in total. The molecule has 0 amide bonds. The van der Waals surface area contributed by atoms with E-state index >= 15 is 0 Å². The first-order valence-electron chi connectivity index (χ1n) is 5.66. The lowest BCUT2D eigenvalue weighted by atomic mass is 10.3. The van der Waals surface area contributed by atoms with Crippen molar-refractivity contribution in [2.45, 2.75) is 4.90 Å². The van der Waals surface area contributed by atoms with Crippen LogP contribution in [0.2, 0.25) is 0 Å². The minimum Gasteiger partial charge on any atom is -0.306 e. The van der Waals surface area contributed by atoms with Crippen molar-refractivity contribution in [3.05, 3.63) is 45.7 Å². The Balaban J connectivity index is 1.99. The summed E-state index contributed by atoms with van der Waals surface area (Å²) in [7, 11) is -3.81. The molecule has 0 aliphatic heterocycles. The highest BCUT2D eigenvalue weighted by Gasteiger charge is 2.16. The maximum Gasteiger partial charge on any atom is 0.323 e. The molecule has 0 atom stereocenters. The molecule has 0 aliphatic rings. The number of aromatic nitrogens is 4. The van der Waals surface area contributed by atoms with Crippen LogP contribution in [-0.4, -0.2) is 28.4 Å². The van der Waals surface area contributed by atoms with Gasteiger partial charge in [0.1, 0.15) is 4.60 Å². The Morgan fingerprint density at radius 2 is 1.86 bits per heavy atom. The molecular formula is C11H8BrN5O3S. The maximum atomic E-state index is 12.2. The summed E-state index contributed by atoms with van der Waals surface area (Å²) in [6.45, 7) is 0. The number of sulfonamides is 1. The molecule has 2 heterocycles. The first-order chi connectivity index (χ1) is 9.94. The van der Waals surface area contributed by atoms with Gasteiger partial charge in [0.05, 0.1) is 28.3 Å². The summed E-state index contributed by atoms with van der Waals surface area (Å²) in [5.74, 6) is 0.0980. The van der Waals surface area contributed by atoms with Gasteiger partial charge in [0.15, 0.2) is 5.82 Å². The number of fused-ring (bicyclic) bond motifs is 1. The van der Waals surface area contributed by atoms with Crippen LogP contribution in [0.4, 0.5) is 5.82 Å². The SMILES string of the molecule is O=c1[nH]c2ccc(S(=O)(=O)Nc3cnc(Br)cn3)cc2[nH]1. The number of H-pyrrole nitrogens is 2. The second kappa shape index (κ2) is 4.97. The molecule has 108 valence electrons. The molecule has 1 aromatic carbocycles. The van der Waals surface area contributed by atoms with Crippen molar-refractivity contribution in [1.82, 2.24) is 19.9 Å². The Morgan fingerprint density at radius 3 is 2.57 bits per heavy atom. The quantitative estimate of drug-likeness (QED) is 0.640. The lowest BCUT2D eigenvalue weighted by molar-refractivity contribution is 0.601. The van der Waals surface area contributed by atoms with Gasteiger partial charge in [-0.3, -0.25) is 4.72 Å². The minimum absolute atomic E-state index is 0.00923. The molecule has 0 aliphatic carbocycles. The molecule has 3 rings (SSSR count). The van der Waals surface area contributed by atoms with Crippen molar-refractivity contribution >= 4 is 42.8 Å².